The number of benzene rings is 1. The van der Waals surface area contributed by atoms with Gasteiger partial charge in [0.15, 0.2) is 11.5 Å². The molecule has 1 aromatic rings. The fourth-order valence-corrected chi connectivity index (χ4v) is 1.99. The van der Waals surface area contributed by atoms with Crippen LogP contribution in [0.15, 0.2) is 12.1 Å². The fourth-order valence-electron chi connectivity index (χ4n) is 1.66. The van der Waals surface area contributed by atoms with E-state index in [2.05, 4.69) is 0 Å². The average molecular weight is 213 g/mol. The highest BCUT2D eigenvalue weighted by Gasteiger charge is 2.44. The van der Waals surface area contributed by atoms with E-state index in [9.17, 15) is 5.11 Å². The van der Waals surface area contributed by atoms with E-state index in [0.717, 1.165) is 18.4 Å². The Bertz CT molecular complexity index is 399. The first-order valence-corrected chi connectivity index (χ1v) is 4.89. The molecule has 1 heterocycles. The highest BCUT2D eigenvalue weighted by Crippen LogP contribution is 2.50. The van der Waals surface area contributed by atoms with Gasteiger partial charge in [0, 0.05) is 11.6 Å². The minimum Gasteiger partial charge on any atom is -0.454 e. The Labute approximate surface area is 86.2 Å². The molecule has 1 saturated carbocycles. The molecule has 0 bridgehead atoms. The van der Waals surface area contributed by atoms with Gasteiger partial charge in [-0.2, -0.15) is 0 Å². The standard InChI is InChI=1S/C10H9ClO3/c11-7-4-9-8(13-5-14-9)3-6(7)10(12)1-2-10/h3-4,12H,1-2,5H2. The van der Waals surface area contributed by atoms with E-state index < -0.39 is 5.60 Å². The van der Waals surface area contributed by atoms with Crippen LogP contribution in [0.3, 0.4) is 0 Å². The topological polar surface area (TPSA) is 38.7 Å². The zero-order valence-corrected chi connectivity index (χ0v) is 8.17. The minimum absolute atomic E-state index is 0.230. The molecule has 3 nitrogen and oxygen atoms in total. The van der Waals surface area contributed by atoms with Crippen molar-refractivity contribution in [1.82, 2.24) is 0 Å². The first-order chi connectivity index (χ1) is 6.69. The fraction of sp³-hybridized carbons (Fsp3) is 0.400. The summed E-state index contributed by atoms with van der Waals surface area (Å²) in [6, 6.07) is 3.48. The molecule has 0 radical (unpaired) electrons. The molecule has 1 aromatic carbocycles. The molecular weight excluding hydrogens is 204 g/mol. The molecule has 0 unspecified atom stereocenters. The van der Waals surface area contributed by atoms with Crippen LogP contribution in [-0.4, -0.2) is 11.9 Å². The summed E-state index contributed by atoms with van der Waals surface area (Å²) < 4.78 is 10.4. The van der Waals surface area contributed by atoms with Gasteiger partial charge >= 0.3 is 0 Å². The van der Waals surface area contributed by atoms with Gasteiger partial charge < -0.3 is 14.6 Å². The summed E-state index contributed by atoms with van der Waals surface area (Å²) in [5.74, 6) is 1.33. The lowest BCUT2D eigenvalue weighted by molar-refractivity contribution is 0.150. The smallest absolute Gasteiger partial charge is 0.231 e. The lowest BCUT2D eigenvalue weighted by atomic mass is 10.1. The van der Waals surface area contributed by atoms with Gasteiger partial charge in [-0.25, -0.2) is 0 Å². The van der Waals surface area contributed by atoms with Crippen LogP contribution in [-0.2, 0) is 5.60 Å². The normalized spacial score (nSPS) is 21.0. The zero-order valence-electron chi connectivity index (χ0n) is 7.42. The third-order valence-electron chi connectivity index (χ3n) is 2.69. The molecule has 4 heteroatoms. The summed E-state index contributed by atoms with van der Waals surface area (Å²) in [6.07, 6.45) is 1.54. The Morgan fingerprint density at radius 2 is 1.86 bits per heavy atom. The molecule has 1 N–H and O–H groups in total. The lowest BCUT2D eigenvalue weighted by Crippen LogP contribution is -2.04. The van der Waals surface area contributed by atoms with E-state index in [4.69, 9.17) is 21.1 Å². The number of aliphatic hydroxyl groups is 1. The van der Waals surface area contributed by atoms with Gasteiger partial charge in [-0.3, -0.25) is 0 Å². The number of ether oxygens (including phenoxy) is 2. The first kappa shape index (κ1) is 8.38. The summed E-state index contributed by atoms with van der Waals surface area (Å²) >= 11 is 6.04. The third kappa shape index (κ3) is 1.09. The molecule has 0 spiro atoms. The van der Waals surface area contributed by atoms with Gasteiger partial charge in [0.2, 0.25) is 6.79 Å². The van der Waals surface area contributed by atoms with E-state index in [1.54, 1.807) is 12.1 Å². The van der Waals surface area contributed by atoms with Crippen molar-refractivity contribution in [3.8, 4) is 11.5 Å². The van der Waals surface area contributed by atoms with E-state index in [1.807, 2.05) is 0 Å². The molecule has 74 valence electrons. The predicted molar refractivity (Wildman–Crippen MR) is 50.7 cm³/mol. The van der Waals surface area contributed by atoms with Crippen molar-refractivity contribution in [2.24, 2.45) is 0 Å². The number of fused-ring (bicyclic) bond motifs is 1. The van der Waals surface area contributed by atoms with Crippen molar-refractivity contribution in [2.45, 2.75) is 18.4 Å². The van der Waals surface area contributed by atoms with E-state index in [1.165, 1.54) is 0 Å². The summed E-state index contributed by atoms with van der Waals surface area (Å²) in [4.78, 5) is 0. The van der Waals surface area contributed by atoms with Gasteiger partial charge in [-0.1, -0.05) is 11.6 Å². The highest BCUT2D eigenvalue weighted by atomic mass is 35.5. The molecular formula is C10H9ClO3. The van der Waals surface area contributed by atoms with E-state index >= 15 is 0 Å². The largest absolute Gasteiger partial charge is 0.454 e. The number of halogens is 1. The minimum atomic E-state index is -0.724. The van der Waals surface area contributed by atoms with Crippen LogP contribution in [0.1, 0.15) is 18.4 Å². The summed E-state index contributed by atoms with van der Waals surface area (Å²) in [5.41, 5.74) is 0.0290. The maximum Gasteiger partial charge on any atom is 0.231 e. The van der Waals surface area contributed by atoms with E-state index in [-0.39, 0.29) is 6.79 Å². The Balaban J connectivity index is 2.13. The second kappa shape index (κ2) is 2.55. The summed E-state index contributed by atoms with van der Waals surface area (Å²) in [5, 5.41) is 10.5. The average Bonchev–Trinajstić information content (AvgIpc) is 2.75. The molecule has 1 aliphatic carbocycles. The van der Waals surface area contributed by atoms with Crippen molar-refractivity contribution in [3.05, 3.63) is 22.7 Å². The Kier molecular flexibility index (Phi) is 1.53. The predicted octanol–water partition coefficient (Wildman–Crippen LogP) is 2.05. The van der Waals surface area contributed by atoms with Gasteiger partial charge in [0.25, 0.3) is 0 Å². The number of hydrogen-bond acceptors (Lipinski definition) is 3. The number of rotatable bonds is 1. The van der Waals surface area contributed by atoms with E-state index in [0.29, 0.717) is 16.5 Å². The van der Waals surface area contributed by atoms with Crippen LogP contribution in [0.4, 0.5) is 0 Å². The van der Waals surface area contributed by atoms with Crippen molar-refractivity contribution >= 4 is 11.6 Å². The Hall–Kier alpha value is -0.930. The monoisotopic (exact) mass is 212 g/mol. The molecule has 0 saturated heterocycles. The molecule has 2 aliphatic rings. The van der Waals surface area contributed by atoms with Crippen LogP contribution >= 0.6 is 11.6 Å². The van der Waals surface area contributed by atoms with Crippen LogP contribution in [0.5, 0.6) is 11.5 Å². The molecule has 1 aliphatic heterocycles. The Morgan fingerprint density at radius 3 is 2.50 bits per heavy atom. The quantitative estimate of drug-likeness (QED) is 0.775. The lowest BCUT2D eigenvalue weighted by Gasteiger charge is -2.10. The van der Waals surface area contributed by atoms with Crippen molar-refractivity contribution < 1.29 is 14.6 Å². The van der Waals surface area contributed by atoms with Gasteiger partial charge in [-0.15, -0.1) is 0 Å². The zero-order chi connectivity index (χ0) is 9.76. The maximum absolute atomic E-state index is 9.93. The van der Waals surface area contributed by atoms with Crippen LogP contribution in [0.2, 0.25) is 5.02 Å². The van der Waals surface area contributed by atoms with Crippen molar-refractivity contribution in [2.75, 3.05) is 6.79 Å². The molecule has 0 atom stereocenters. The van der Waals surface area contributed by atoms with Crippen molar-refractivity contribution in [1.29, 1.82) is 0 Å². The second-order valence-corrected chi connectivity index (χ2v) is 4.12. The second-order valence-electron chi connectivity index (χ2n) is 3.72. The highest BCUT2D eigenvalue weighted by molar-refractivity contribution is 6.31. The van der Waals surface area contributed by atoms with Crippen molar-refractivity contribution in [3.63, 3.8) is 0 Å². The van der Waals surface area contributed by atoms with Crippen LogP contribution in [0, 0.1) is 0 Å². The maximum atomic E-state index is 9.93. The molecule has 14 heavy (non-hydrogen) atoms. The summed E-state index contributed by atoms with van der Waals surface area (Å²) in [6.45, 7) is 0.230. The first-order valence-electron chi connectivity index (χ1n) is 4.51. The molecule has 1 fully saturated rings. The number of hydrogen-bond donors (Lipinski definition) is 1. The van der Waals surface area contributed by atoms with Gasteiger partial charge in [-0.05, 0) is 18.9 Å². The molecule has 0 aromatic heterocycles. The summed E-state index contributed by atoms with van der Waals surface area (Å²) in [7, 11) is 0. The third-order valence-corrected chi connectivity index (χ3v) is 3.00. The Morgan fingerprint density at radius 1 is 1.21 bits per heavy atom. The molecule has 0 amide bonds. The van der Waals surface area contributed by atoms with Gasteiger partial charge in [0.1, 0.15) is 0 Å². The van der Waals surface area contributed by atoms with Crippen LogP contribution in [0.25, 0.3) is 0 Å². The van der Waals surface area contributed by atoms with Crippen LogP contribution < -0.4 is 9.47 Å². The molecule has 3 rings (SSSR count). The van der Waals surface area contributed by atoms with Gasteiger partial charge in [0.05, 0.1) is 10.6 Å². The SMILES string of the molecule is OC1(c2cc3c(cc2Cl)OCO3)CC1.